The monoisotopic (exact) mass is 200 g/mol. The van der Waals surface area contributed by atoms with Crippen LogP contribution in [0.4, 0.5) is 0 Å². The van der Waals surface area contributed by atoms with Crippen LogP contribution in [0.3, 0.4) is 0 Å². The molecule has 0 radical (unpaired) electrons. The maximum atomic E-state index is 11.8. The normalized spacial score (nSPS) is 18.4. The predicted molar refractivity (Wildman–Crippen MR) is 55.2 cm³/mol. The van der Waals surface area contributed by atoms with Gasteiger partial charge >= 0.3 is 0 Å². The lowest BCUT2D eigenvalue weighted by molar-refractivity contribution is -0.136. The number of ether oxygens (including phenoxy) is 1. The van der Waals surface area contributed by atoms with Gasteiger partial charge in [0.1, 0.15) is 0 Å². The molecule has 1 N–H and O–H groups in total. The molecule has 0 spiro atoms. The van der Waals surface area contributed by atoms with Crippen molar-refractivity contribution in [2.24, 2.45) is 0 Å². The maximum Gasteiger partial charge on any atom is 0.224 e. The summed E-state index contributed by atoms with van der Waals surface area (Å²) >= 11 is 0. The fourth-order valence-electron chi connectivity index (χ4n) is 1.39. The van der Waals surface area contributed by atoms with E-state index in [4.69, 9.17) is 4.74 Å². The highest BCUT2D eigenvalue weighted by Crippen LogP contribution is 2.10. The number of nitrogens with zero attached hydrogens (tertiary/aromatic N) is 1. The highest BCUT2D eigenvalue weighted by Gasteiger charge is 2.24. The Morgan fingerprint density at radius 2 is 2.00 bits per heavy atom. The van der Waals surface area contributed by atoms with Crippen molar-refractivity contribution >= 4 is 5.91 Å². The van der Waals surface area contributed by atoms with Crippen LogP contribution in [0.1, 0.15) is 20.3 Å². The largest absolute Gasteiger partial charge is 0.378 e. The van der Waals surface area contributed by atoms with E-state index in [2.05, 4.69) is 5.32 Å². The summed E-state index contributed by atoms with van der Waals surface area (Å²) in [5.74, 6) is 0.215. The first-order valence-electron chi connectivity index (χ1n) is 5.09. The fourth-order valence-corrected chi connectivity index (χ4v) is 1.39. The van der Waals surface area contributed by atoms with E-state index in [0.717, 1.165) is 13.1 Å². The van der Waals surface area contributed by atoms with E-state index in [1.54, 1.807) is 0 Å². The highest BCUT2D eigenvalue weighted by atomic mass is 16.5. The Morgan fingerprint density at radius 3 is 2.50 bits per heavy atom. The lowest BCUT2D eigenvalue weighted by Gasteiger charge is -2.31. The lowest BCUT2D eigenvalue weighted by Crippen LogP contribution is -2.46. The molecule has 0 aromatic carbocycles. The average Bonchev–Trinajstić information content (AvgIpc) is 2.19. The van der Waals surface area contributed by atoms with E-state index in [9.17, 15) is 4.79 Å². The van der Waals surface area contributed by atoms with Crippen LogP contribution in [0.15, 0.2) is 0 Å². The summed E-state index contributed by atoms with van der Waals surface area (Å²) < 4.78 is 5.20. The minimum Gasteiger partial charge on any atom is -0.378 e. The molecule has 0 saturated carbocycles. The zero-order chi connectivity index (χ0) is 10.6. The van der Waals surface area contributed by atoms with Gasteiger partial charge in [-0.05, 0) is 20.9 Å². The van der Waals surface area contributed by atoms with Crippen molar-refractivity contribution in [3.05, 3.63) is 0 Å². The van der Waals surface area contributed by atoms with E-state index in [-0.39, 0.29) is 11.4 Å². The van der Waals surface area contributed by atoms with Crippen LogP contribution in [0, 0.1) is 0 Å². The molecule has 0 aromatic rings. The molecule has 0 unspecified atom stereocenters. The van der Waals surface area contributed by atoms with Crippen LogP contribution in [-0.2, 0) is 9.53 Å². The number of carbonyl (C=O) groups is 1. The molecule has 1 rings (SSSR count). The molecule has 0 aromatic heterocycles. The lowest BCUT2D eigenvalue weighted by atomic mass is 10.0. The quantitative estimate of drug-likeness (QED) is 0.709. The molecule has 4 nitrogen and oxygen atoms in total. The van der Waals surface area contributed by atoms with Crippen molar-refractivity contribution in [1.82, 2.24) is 10.2 Å². The second kappa shape index (κ2) is 4.75. The number of amides is 1. The van der Waals surface area contributed by atoms with Gasteiger partial charge in [0, 0.05) is 25.0 Å². The van der Waals surface area contributed by atoms with Crippen molar-refractivity contribution < 1.29 is 9.53 Å². The third-order valence-electron chi connectivity index (χ3n) is 2.63. The third-order valence-corrected chi connectivity index (χ3v) is 2.63. The number of carbonyl (C=O) groups excluding carboxylic acids is 1. The molecular formula is C10H20N2O2. The molecule has 0 bridgehead atoms. The van der Waals surface area contributed by atoms with Gasteiger partial charge in [-0.25, -0.2) is 0 Å². The molecule has 4 heteroatoms. The molecule has 1 amide bonds. The molecule has 14 heavy (non-hydrogen) atoms. The summed E-state index contributed by atoms with van der Waals surface area (Å²) in [6.45, 7) is 6.88. The van der Waals surface area contributed by atoms with Crippen LogP contribution in [0.5, 0.6) is 0 Å². The Labute approximate surface area is 85.6 Å². The van der Waals surface area contributed by atoms with Gasteiger partial charge in [-0.2, -0.15) is 0 Å². The van der Waals surface area contributed by atoms with Gasteiger partial charge in [0.2, 0.25) is 5.91 Å². The standard InChI is InChI=1S/C10H20N2O2/c1-10(2,11-3)8-9(13)12-4-6-14-7-5-12/h11H,4-8H2,1-3H3. The van der Waals surface area contributed by atoms with Crippen LogP contribution in [-0.4, -0.2) is 49.7 Å². The first-order valence-corrected chi connectivity index (χ1v) is 5.09. The van der Waals surface area contributed by atoms with Crippen molar-refractivity contribution in [2.75, 3.05) is 33.4 Å². The molecule has 0 atom stereocenters. The maximum absolute atomic E-state index is 11.8. The highest BCUT2D eigenvalue weighted by molar-refractivity contribution is 5.77. The van der Waals surface area contributed by atoms with Gasteiger partial charge in [-0.3, -0.25) is 4.79 Å². The Morgan fingerprint density at radius 1 is 1.43 bits per heavy atom. The Balaban J connectivity index is 2.40. The third kappa shape index (κ3) is 3.27. The van der Waals surface area contributed by atoms with Gasteiger partial charge in [-0.1, -0.05) is 0 Å². The van der Waals surface area contributed by atoms with Crippen LogP contribution in [0.25, 0.3) is 0 Å². The van der Waals surface area contributed by atoms with Crippen molar-refractivity contribution in [1.29, 1.82) is 0 Å². The van der Waals surface area contributed by atoms with E-state index >= 15 is 0 Å². The van der Waals surface area contributed by atoms with Crippen molar-refractivity contribution in [2.45, 2.75) is 25.8 Å². The summed E-state index contributed by atoms with van der Waals surface area (Å²) in [6, 6.07) is 0. The first-order chi connectivity index (χ1) is 6.55. The number of rotatable bonds is 3. The summed E-state index contributed by atoms with van der Waals surface area (Å²) in [6.07, 6.45) is 0.545. The smallest absolute Gasteiger partial charge is 0.224 e. The van der Waals surface area contributed by atoms with Gasteiger partial charge in [0.05, 0.1) is 13.2 Å². The van der Waals surface area contributed by atoms with E-state index in [1.165, 1.54) is 0 Å². The second-order valence-corrected chi connectivity index (χ2v) is 4.30. The summed E-state index contributed by atoms with van der Waals surface area (Å²) in [5, 5.41) is 3.13. The van der Waals surface area contributed by atoms with Crippen LogP contribution in [0.2, 0.25) is 0 Å². The van der Waals surface area contributed by atoms with Crippen LogP contribution < -0.4 is 5.32 Å². The molecule has 1 aliphatic heterocycles. The molecule has 1 heterocycles. The Hall–Kier alpha value is -0.610. The average molecular weight is 200 g/mol. The van der Waals surface area contributed by atoms with Gasteiger partial charge in [0.25, 0.3) is 0 Å². The van der Waals surface area contributed by atoms with E-state index in [0.29, 0.717) is 19.6 Å². The fraction of sp³-hybridized carbons (Fsp3) is 0.900. The van der Waals surface area contributed by atoms with Gasteiger partial charge in [0.15, 0.2) is 0 Å². The first kappa shape index (κ1) is 11.5. The Bertz CT molecular complexity index is 198. The Kier molecular flexibility index (Phi) is 3.89. The molecule has 82 valence electrons. The van der Waals surface area contributed by atoms with E-state index in [1.807, 2.05) is 25.8 Å². The molecular weight excluding hydrogens is 180 g/mol. The molecule has 1 saturated heterocycles. The number of hydrogen-bond acceptors (Lipinski definition) is 3. The van der Waals surface area contributed by atoms with Crippen molar-refractivity contribution in [3.63, 3.8) is 0 Å². The van der Waals surface area contributed by atoms with E-state index < -0.39 is 0 Å². The minimum absolute atomic E-state index is 0.116. The minimum atomic E-state index is -0.116. The summed E-state index contributed by atoms with van der Waals surface area (Å²) in [7, 11) is 1.88. The topological polar surface area (TPSA) is 41.6 Å². The zero-order valence-electron chi connectivity index (χ0n) is 9.30. The number of nitrogens with one attached hydrogen (secondary N) is 1. The zero-order valence-corrected chi connectivity index (χ0v) is 9.30. The molecule has 1 fully saturated rings. The molecule has 1 aliphatic rings. The second-order valence-electron chi connectivity index (χ2n) is 4.30. The summed E-state index contributed by atoms with van der Waals surface area (Å²) in [4.78, 5) is 13.7. The van der Waals surface area contributed by atoms with Crippen molar-refractivity contribution in [3.8, 4) is 0 Å². The number of hydrogen-bond donors (Lipinski definition) is 1. The van der Waals surface area contributed by atoms with Crippen LogP contribution >= 0.6 is 0 Å². The number of morpholine rings is 1. The van der Waals surface area contributed by atoms with Gasteiger partial charge < -0.3 is 15.0 Å². The SMILES string of the molecule is CNC(C)(C)CC(=O)N1CCOCC1. The summed E-state index contributed by atoms with van der Waals surface area (Å²) in [5.41, 5.74) is -0.116. The molecule has 0 aliphatic carbocycles. The van der Waals surface area contributed by atoms with Gasteiger partial charge in [-0.15, -0.1) is 0 Å². The predicted octanol–water partition coefficient (Wildman–Crippen LogP) is 0.233.